The van der Waals surface area contributed by atoms with E-state index in [2.05, 4.69) is 12.2 Å². The van der Waals surface area contributed by atoms with Crippen LogP contribution in [-0.4, -0.2) is 45.8 Å². The van der Waals surface area contributed by atoms with Gasteiger partial charge in [-0.1, -0.05) is 20.8 Å². The van der Waals surface area contributed by atoms with Crippen molar-refractivity contribution in [1.29, 1.82) is 0 Å². The second kappa shape index (κ2) is 6.16. The quantitative estimate of drug-likeness (QED) is 0.839. The van der Waals surface area contributed by atoms with Crippen LogP contribution in [0.3, 0.4) is 0 Å². The number of rotatable bonds is 5. The average Bonchev–Trinajstić information content (AvgIpc) is 2.29. The van der Waals surface area contributed by atoms with E-state index in [-0.39, 0.29) is 29.8 Å². The second-order valence-electron chi connectivity index (χ2n) is 6.02. The molecule has 2 atom stereocenters. The van der Waals surface area contributed by atoms with Gasteiger partial charge in [-0.05, 0) is 32.4 Å². The Morgan fingerprint density at radius 3 is 2.37 bits per heavy atom. The molecule has 1 aliphatic rings. The summed E-state index contributed by atoms with van der Waals surface area (Å²) in [4.78, 5) is 26.7. The zero-order valence-electron chi connectivity index (χ0n) is 12.8. The molecular formula is C14H26N2O2S. The van der Waals surface area contributed by atoms with Crippen LogP contribution >= 0.6 is 11.8 Å². The van der Waals surface area contributed by atoms with Gasteiger partial charge in [0.15, 0.2) is 0 Å². The van der Waals surface area contributed by atoms with E-state index in [1.165, 1.54) is 0 Å². The Labute approximate surface area is 120 Å². The Bertz CT molecular complexity index is 355. The van der Waals surface area contributed by atoms with Crippen LogP contribution in [0.15, 0.2) is 0 Å². The normalized spacial score (nSPS) is 24.6. The SMILES string of the molecule is CCSCC(C)N1C(=O)C(C)(C)NC(=O)C1C(C)C. The first-order valence-electron chi connectivity index (χ1n) is 6.95. The van der Waals surface area contributed by atoms with Crippen molar-refractivity contribution < 1.29 is 9.59 Å². The number of hydrogen-bond donors (Lipinski definition) is 1. The van der Waals surface area contributed by atoms with Crippen LogP contribution in [0, 0.1) is 5.92 Å². The van der Waals surface area contributed by atoms with Gasteiger partial charge in [0.2, 0.25) is 11.8 Å². The summed E-state index contributed by atoms with van der Waals surface area (Å²) in [5.74, 6) is 2.00. The van der Waals surface area contributed by atoms with Gasteiger partial charge in [0.05, 0.1) is 0 Å². The monoisotopic (exact) mass is 286 g/mol. The summed E-state index contributed by atoms with van der Waals surface area (Å²) < 4.78 is 0. The minimum atomic E-state index is -0.798. The van der Waals surface area contributed by atoms with Gasteiger partial charge >= 0.3 is 0 Å². The van der Waals surface area contributed by atoms with E-state index in [1.807, 2.05) is 20.8 Å². The molecule has 0 aliphatic carbocycles. The number of hydrogen-bond acceptors (Lipinski definition) is 3. The predicted octanol–water partition coefficient (Wildman–Crippen LogP) is 1.89. The number of amides is 2. The van der Waals surface area contributed by atoms with Crippen LogP contribution in [0.5, 0.6) is 0 Å². The Morgan fingerprint density at radius 1 is 1.32 bits per heavy atom. The van der Waals surface area contributed by atoms with Crippen LogP contribution in [0.1, 0.15) is 41.5 Å². The lowest BCUT2D eigenvalue weighted by Crippen LogP contribution is -2.71. The molecule has 1 N–H and O–H groups in total. The van der Waals surface area contributed by atoms with E-state index in [1.54, 1.807) is 30.5 Å². The topological polar surface area (TPSA) is 49.4 Å². The number of nitrogens with zero attached hydrogens (tertiary/aromatic N) is 1. The molecule has 2 amide bonds. The van der Waals surface area contributed by atoms with Gasteiger partial charge in [-0.15, -0.1) is 0 Å². The van der Waals surface area contributed by atoms with Crippen molar-refractivity contribution >= 4 is 23.6 Å². The summed E-state index contributed by atoms with van der Waals surface area (Å²) in [6.07, 6.45) is 0. The van der Waals surface area contributed by atoms with Gasteiger partial charge in [0.1, 0.15) is 11.6 Å². The highest BCUT2D eigenvalue weighted by molar-refractivity contribution is 7.99. The fraction of sp³-hybridized carbons (Fsp3) is 0.857. The molecule has 0 spiro atoms. The van der Waals surface area contributed by atoms with Crippen LogP contribution in [0.2, 0.25) is 0 Å². The number of carbonyl (C=O) groups is 2. The first kappa shape index (κ1) is 16.3. The summed E-state index contributed by atoms with van der Waals surface area (Å²) in [7, 11) is 0. The standard InChI is InChI=1S/C14H26N2O2S/c1-7-19-8-10(4)16-11(9(2)3)12(17)15-14(5,6)13(16)18/h9-11H,7-8H2,1-6H3,(H,15,17). The molecule has 2 unspecified atom stereocenters. The molecule has 1 saturated heterocycles. The summed E-state index contributed by atoms with van der Waals surface area (Å²) in [6, 6.07) is -0.275. The Hall–Kier alpha value is -0.710. The van der Waals surface area contributed by atoms with E-state index in [0.717, 1.165) is 11.5 Å². The van der Waals surface area contributed by atoms with Gasteiger partial charge < -0.3 is 10.2 Å². The molecule has 19 heavy (non-hydrogen) atoms. The number of thioether (sulfide) groups is 1. The van der Waals surface area contributed by atoms with Crippen molar-refractivity contribution in [1.82, 2.24) is 10.2 Å². The third kappa shape index (κ3) is 3.44. The minimum absolute atomic E-state index is 0.0232. The Morgan fingerprint density at radius 2 is 1.89 bits per heavy atom. The van der Waals surface area contributed by atoms with Gasteiger partial charge in [-0.25, -0.2) is 0 Å². The number of piperazine rings is 1. The summed E-state index contributed by atoms with van der Waals surface area (Å²) >= 11 is 1.80. The van der Waals surface area contributed by atoms with Crippen molar-refractivity contribution in [3.05, 3.63) is 0 Å². The molecule has 1 heterocycles. The molecule has 1 rings (SSSR count). The van der Waals surface area contributed by atoms with Gasteiger partial charge in [0, 0.05) is 11.8 Å². The Kier molecular flexibility index (Phi) is 5.30. The molecule has 0 aromatic carbocycles. The third-order valence-corrected chi connectivity index (χ3v) is 4.57. The first-order valence-corrected chi connectivity index (χ1v) is 8.10. The van der Waals surface area contributed by atoms with Crippen LogP contribution < -0.4 is 5.32 Å². The second-order valence-corrected chi connectivity index (χ2v) is 7.34. The molecule has 1 aliphatic heterocycles. The van der Waals surface area contributed by atoms with Gasteiger partial charge in [-0.3, -0.25) is 9.59 Å². The van der Waals surface area contributed by atoms with E-state index in [9.17, 15) is 9.59 Å². The molecule has 0 saturated carbocycles. The summed E-state index contributed by atoms with van der Waals surface area (Å²) in [5.41, 5.74) is -0.798. The first-order chi connectivity index (χ1) is 8.72. The largest absolute Gasteiger partial charge is 0.340 e. The zero-order chi connectivity index (χ0) is 14.8. The van der Waals surface area contributed by atoms with Gasteiger partial charge in [-0.2, -0.15) is 11.8 Å². The zero-order valence-corrected chi connectivity index (χ0v) is 13.6. The van der Waals surface area contributed by atoms with E-state index < -0.39 is 5.54 Å². The van der Waals surface area contributed by atoms with Crippen LogP contribution in [-0.2, 0) is 9.59 Å². The molecule has 0 radical (unpaired) electrons. The molecule has 110 valence electrons. The molecule has 4 nitrogen and oxygen atoms in total. The highest BCUT2D eigenvalue weighted by atomic mass is 32.2. The van der Waals surface area contributed by atoms with Crippen molar-refractivity contribution in [2.24, 2.45) is 5.92 Å². The van der Waals surface area contributed by atoms with Crippen molar-refractivity contribution in [3.8, 4) is 0 Å². The van der Waals surface area contributed by atoms with Crippen LogP contribution in [0.25, 0.3) is 0 Å². The molecule has 0 bridgehead atoms. The maximum Gasteiger partial charge on any atom is 0.248 e. The molecule has 0 aromatic heterocycles. The lowest BCUT2D eigenvalue weighted by molar-refractivity contribution is -0.157. The molecule has 0 aromatic rings. The highest BCUT2D eigenvalue weighted by Gasteiger charge is 2.47. The molecular weight excluding hydrogens is 260 g/mol. The van der Waals surface area contributed by atoms with Gasteiger partial charge in [0.25, 0.3) is 0 Å². The maximum atomic E-state index is 12.6. The maximum absolute atomic E-state index is 12.6. The Balaban J connectivity index is 3.02. The van der Waals surface area contributed by atoms with Crippen molar-refractivity contribution in [3.63, 3.8) is 0 Å². The number of carbonyl (C=O) groups excluding carboxylic acids is 2. The fourth-order valence-electron chi connectivity index (χ4n) is 2.48. The lowest BCUT2D eigenvalue weighted by atomic mass is 9.90. The van der Waals surface area contributed by atoms with E-state index in [4.69, 9.17) is 0 Å². The number of nitrogens with one attached hydrogen (secondary N) is 1. The highest BCUT2D eigenvalue weighted by Crippen LogP contribution is 2.26. The average molecular weight is 286 g/mol. The van der Waals surface area contributed by atoms with Crippen LogP contribution in [0.4, 0.5) is 0 Å². The smallest absolute Gasteiger partial charge is 0.248 e. The summed E-state index contributed by atoms with van der Waals surface area (Å²) in [6.45, 7) is 11.7. The van der Waals surface area contributed by atoms with E-state index in [0.29, 0.717) is 0 Å². The fourth-order valence-corrected chi connectivity index (χ4v) is 3.22. The third-order valence-electron chi connectivity index (χ3n) is 3.44. The molecule has 5 heteroatoms. The summed E-state index contributed by atoms with van der Waals surface area (Å²) in [5, 5.41) is 2.84. The van der Waals surface area contributed by atoms with E-state index >= 15 is 0 Å². The molecule has 1 fully saturated rings. The lowest BCUT2D eigenvalue weighted by Gasteiger charge is -2.47. The minimum Gasteiger partial charge on any atom is -0.340 e. The van der Waals surface area contributed by atoms with Crippen molar-refractivity contribution in [2.75, 3.05) is 11.5 Å². The predicted molar refractivity (Wildman–Crippen MR) is 80.2 cm³/mol. The van der Waals surface area contributed by atoms with Crippen molar-refractivity contribution in [2.45, 2.75) is 59.2 Å².